The van der Waals surface area contributed by atoms with E-state index < -0.39 is 5.97 Å². The van der Waals surface area contributed by atoms with Crippen LogP contribution in [0.15, 0.2) is 18.6 Å². The monoisotopic (exact) mass is 290 g/mol. The molecule has 2 aromatic rings. The lowest BCUT2D eigenvalue weighted by molar-refractivity contribution is 0.0690. The molecule has 1 N–H and O–H groups in total. The van der Waals surface area contributed by atoms with E-state index in [-0.39, 0.29) is 11.7 Å². The van der Waals surface area contributed by atoms with Crippen molar-refractivity contribution in [2.45, 2.75) is 13.0 Å². The fourth-order valence-corrected chi connectivity index (χ4v) is 2.09. The molecule has 0 spiro atoms. The fraction of sp³-hybridized carbons (Fsp3) is 0.417. The molecule has 1 saturated heterocycles. The minimum Gasteiger partial charge on any atom is -0.478 e. The molecular formula is C12H14N6O3. The summed E-state index contributed by atoms with van der Waals surface area (Å²) in [5, 5.41) is 16.3. The Labute approximate surface area is 120 Å². The molecule has 1 fully saturated rings. The molecule has 0 atom stereocenters. The maximum atomic E-state index is 10.8. The Kier molecular flexibility index (Phi) is 3.38. The molecule has 0 bridgehead atoms. The van der Waals surface area contributed by atoms with Crippen LogP contribution in [0.4, 0.5) is 5.82 Å². The summed E-state index contributed by atoms with van der Waals surface area (Å²) in [6.45, 7) is 3.82. The van der Waals surface area contributed by atoms with Crippen LogP contribution in [0.3, 0.4) is 0 Å². The van der Waals surface area contributed by atoms with Crippen LogP contribution >= 0.6 is 0 Å². The molecule has 9 heteroatoms. The third kappa shape index (κ3) is 2.62. The van der Waals surface area contributed by atoms with Gasteiger partial charge in [0.25, 0.3) is 0 Å². The quantitative estimate of drug-likeness (QED) is 0.833. The summed E-state index contributed by atoms with van der Waals surface area (Å²) >= 11 is 0. The largest absolute Gasteiger partial charge is 0.478 e. The van der Waals surface area contributed by atoms with Gasteiger partial charge in [-0.3, -0.25) is 0 Å². The zero-order valence-electron chi connectivity index (χ0n) is 11.4. The Morgan fingerprint density at radius 2 is 2.29 bits per heavy atom. The molecular weight excluding hydrogens is 276 g/mol. The standard InChI is InChI=1S/C12H14N6O3/c1-2-21-11-3-10(13-7-14-11)17-4-8(5-17)18-6-9(12(19)20)15-16-18/h3,6-8H,2,4-5H2,1H3,(H,19,20). The van der Waals surface area contributed by atoms with Crippen LogP contribution in [0, 0.1) is 0 Å². The zero-order valence-corrected chi connectivity index (χ0v) is 11.4. The summed E-state index contributed by atoms with van der Waals surface area (Å²) in [6, 6.07) is 1.88. The number of aromatic nitrogens is 5. The topological polar surface area (TPSA) is 106 Å². The second kappa shape index (κ2) is 5.35. The van der Waals surface area contributed by atoms with Gasteiger partial charge in [-0.25, -0.2) is 19.4 Å². The highest BCUT2D eigenvalue weighted by atomic mass is 16.5. The lowest BCUT2D eigenvalue weighted by Gasteiger charge is -2.39. The van der Waals surface area contributed by atoms with E-state index in [2.05, 4.69) is 20.3 Å². The lowest BCUT2D eigenvalue weighted by Crippen LogP contribution is -2.48. The number of carboxylic acids is 1. The van der Waals surface area contributed by atoms with Crippen LogP contribution in [0.25, 0.3) is 0 Å². The van der Waals surface area contributed by atoms with Gasteiger partial charge in [-0.1, -0.05) is 5.21 Å². The van der Waals surface area contributed by atoms with Gasteiger partial charge in [0.2, 0.25) is 5.88 Å². The number of rotatable bonds is 5. The average molecular weight is 290 g/mol. The number of nitrogens with zero attached hydrogens (tertiary/aromatic N) is 6. The molecule has 9 nitrogen and oxygen atoms in total. The summed E-state index contributed by atoms with van der Waals surface area (Å²) < 4.78 is 6.91. The summed E-state index contributed by atoms with van der Waals surface area (Å²) in [7, 11) is 0. The van der Waals surface area contributed by atoms with Crippen molar-refractivity contribution >= 4 is 11.8 Å². The van der Waals surface area contributed by atoms with Gasteiger partial charge in [-0.2, -0.15) is 0 Å². The van der Waals surface area contributed by atoms with Crippen molar-refractivity contribution in [2.75, 3.05) is 24.6 Å². The number of carbonyl (C=O) groups is 1. The van der Waals surface area contributed by atoms with Gasteiger partial charge in [0, 0.05) is 19.2 Å². The first-order valence-electron chi connectivity index (χ1n) is 6.52. The SMILES string of the molecule is CCOc1cc(N2CC(n3cc(C(=O)O)nn3)C2)ncn1. The third-order valence-corrected chi connectivity index (χ3v) is 3.21. The smallest absolute Gasteiger partial charge is 0.358 e. The predicted molar refractivity (Wildman–Crippen MR) is 71.4 cm³/mol. The normalized spacial score (nSPS) is 14.8. The number of anilines is 1. The molecule has 0 aromatic carbocycles. The molecule has 1 aliphatic heterocycles. The first kappa shape index (κ1) is 13.3. The number of carboxylic acid groups (broad SMARTS) is 1. The Bertz CT molecular complexity index is 652. The minimum absolute atomic E-state index is 0.0471. The minimum atomic E-state index is -1.07. The van der Waals surface area contributed by atoms with Gasteiger partial charge in [-0.15, -0.1) is 5.10 Å². The Morgan fingerprint density at radius 1 is 1.48 bits per heavy atom. The summed E-state index contributed by atoms with van der Waals surface area (Å²) in [5.41, 5.74) is -0.0471. The maximum absolute atomic E-state index is 10.8. The van der Waals surface area contributed by atoms with Crippen LogP contribution in [0.2, 0.25) is 0 Å². The van der Waals surface area contributed by atoms with Crippen LogP contribution in [0.1, 0.15) is 23.5 Å². The van der Waals surface area contributed by atoms with Gasteiger partial charge in [0.15, 0.2) is 5.69 Å². The summed E-state index contributed by atoms with van der Waals surface area (Å²) in [6.07, 6.45) is 2.90. The van der Waals surface area contributed by atoms with Gasteiger partial charge in [0.05, 0.1) is 18.8 Å². The molecule has 1 aliphatic rings. The van der Waals surface area contributed by atoms with Crippen LogP contribution < -0.4 is 9.64 Å². The summed E-state index contributed by atoms with van der Waals surface area (Å²) in [5.74, 6) is 0.248. The zero-order chi connectivity index (χ0) is 14.8. The number of hydrogen-bond donors (Lipinski definition) is 1. The van der Waals surface area contributed by atoms with E-state index in [9.17, 15) is 4.79 Å². The highest BCUT2D eigenvalue weighted by Gasteiger charge is 2.31. The lowest BCUT2D eigenvalue weighted by atomic mass is 10.1. The van der Waals surface area contributed by atoms with Crippen molar-refractivity contribution < 1.29 is 14.6 Å². The molecule has 0 amide bonds. The average Bonchev–Trinajstić information content (AvgIpc) is 2.87. The Hall–Kier alpha value is -2.71. The second-order valence-corrected chi connectivity index (χ2v) is 4.60. The van der Waals surface area contributed by atoms with Crippen molar-refractivity contribution in [3.05, 3.63) is 24.3 Å². The molecule has 3 rings (SSSR count). The number of ether oxygens (including phenoxy) is 1. The highest BCUT2D eigenvalue weighted by molar-refractivity contribution is 5.84. The van der Waals surface area contributed by atoms with Gasteiger partial charge in [-0.05, 0) is 6.92 Å². The number of aromatic carboxylic acids is 1. The molecule has 0 saturated carbocycles. The Morgan fingerprint density at radius 3 is 2.95 bits per heavy atom. The van der Waals surface area contributed by atoms with E-state index in [0.717, 1.165) is 5.82 Å². The molecule has 2 aromatic heterocycles. The van der Waals surface area contributed by atoms with Crippen molar-refractivity contribution in [3.8, 4) is 5.88 Å². The van der Waals surface area contributed by atoms with E-state index in [1.807, 2.05) is 11.8 Å². The Balaban J connectivity index is 1.64. The van der Waals surface area contributed by atoms with Crippen LogP contribution in [-0.4, -0.2) is 55.7 Å². The molecule has 110 valence electrons. The van der Waals surface area contributed by atoms with Crippen LogP contribution in [-0.2, 0) is 0 Å². The molecule has 3 heterocycles. The molecule has 0 unspecified atom stereocenters. The molecule has 21 heavy (non-hydrogen) atoms. The summed E-state index contributed by atoms with van der Waals surface area (Å²) in [4.78, 5) is 21.0. The van der Waals surface area contributed by atoms with Gasteiger partial charge >= 0.3 is 5.97 Å². The first-order chi connectivity index (χ1) is 10.2. The highest BCUT2D eigenvalue weighted by Crippen LogP contribution is 2.27. The van der Waals surface area contributed by atoms with E-state index in [1.165, 1.54) is 12.5 Å². The van der Waals surface area contributed by atoms with Gasteiger partial charge in [0.1, 0.15) is 12.1 Å². The van der Waals surface area contributed by atoms with Crippen LogP contribution in [0.5, 0.6) is 5.88 Å². The first-order valence-corrected chi connectivity index (χ1v) is 6.52. The van der Waals surface area contributed by atoms with Crippen molar-refractivity contribution in [1.82, 2.24) is 25.0 Å². The van der Waals surface area contributed by atoms with E-state index in [0.29, 0.717) is 25.6 Å². The molecule has 0 aliphatic carbocycles. The van der Waals surface area contributed by atoms with E-state index in [1.54, 1.807) is 10.7 Å². The van der Waals surface area contributed by atoms with E-state index >= 15 is 0 Å². The van der Waals surface area contributed by atoms with Crippen molar-refractivity contribution in [2.24, 2.45) is 0 Å². The fourth-order valence-electron chi connectivity index (χ4n) is 2.09. The number of hydrogen-bond acceptors (Lipinski definition) is 7. The van der Waals surface area contributed by atoms with Gasteiger partial charge < -0.3 is 14.7 Å². The van der Waals surface area contributed by atoms with E-state index in [4.69, 9.17) is 9.84 Å². The third-order valence-electron chi connectivity index (χ3n) is 3.21. The van der Waals surface area contributed by atoms with Crippen molar-refractivity contribution in [1.29, 1.82) is 0 Å². The van der Waals surface area contributed by atoms with Crippen molar-refractivity contribution in [3.63, 3.8) is 0 Å². The second-order valence-electron chi connectivity index (χ2n) is 4.60. The molecule has 0 radical (unpaired) electrons. The predicted octanol–water partition coefficient (Wildman–Crippen LogP) is 0.226. The maximum Gasteiger partial charge on any atom is 0.358 e.